The summed E-state index contributed by atoms with van der Waals surface area (Å²) in [6.07, 6.45) is 8.45. The number of thioether (sulfide) groups is 1. The maximum Gasteiger partial charge on any atom is 0.240 e. The standard InChI is InChI=1S/C14H22N2OS/c15-11-14(7-3-1-4-8-14)13(17)16-10-12-6-2-5-9-18-12/h12H,1-10H2,(H,16,17). The third-order valence-electron chi connectivity index (χ3n) is 4.12. The zero-order valence-corrected chi connectivity index (χ0v) is 11.7. The summed E-state index contributed by atoms with van der Waals surface area (Å²) in [6.45, 7) is 0.743. The molecule has 1 heterocycles. The summed E-state index contributed by atoms with van der Waals surface area (Å²) < 4.78 is 0. The fourth-order valence-electron chi connectivity index (χ4n) is 2.89. The van der Waals surface area contributed by atoms with Gasteiger partial charge in [0.25, 0.3) is 0 Å². The summed E-state index contributed by atoms with van der Waals surface area (Å²) in [5.74, 6) is 1.19. The Balaban J connectivity index is 1.84. The monoisotopic (exact) mass is 266 g/mol. The molecule has 4 heteroatoms. The third kappa shape index (κ3) is 3.20. The zero-order chi connectivity index (χ0) is 12.8. The van der Waals surface area contributed by atoms with E-state index in [1.54, 1.807) is 0 Å². The molecule has 1 aliphatic carbocycles. The zero-order valence-electron chi connectivity index (χ0n) is 10.9. The molecule has 1 atom stereocenters. The predicted molar refractivity (Wildman–Crippen MR) is 74.2 cm³/mol. The summed E-state index contributed by atoms with van der Waals surface area (Å²) in [5, 5.41) is 12.9. The average molecular weight is 266 g/mol. The van der Waals surface area contributed by atoms with Gasteiger partial charge in [0.15, 0.2) is 0 Å². The molecule has 2 fully saturated rings. The molecule has 0 bridgehead atoms. The van der Waals surface area contributed by atoms with Crippen molar-refractivity contribution in [3.63, 3.8) is 0 Å². The average Bonchev–Trinajstić information content (AvgIpc) is 2.46. The lowest BCUT2D eigenvalue weighted by molar-refractivity contribution is -0.129. The number of nitrogens with zero attached hydrogens (tertiary/aromatic N) is 1. The molecule has 18 heavy (non-hydrogen) atoms. The van der Waals surface area contributed by atoms with Crippen LogP contribution in [0.3, 0.4) is 0 Å². The molecule has 2 rings (SSSR count). The normalized spacial score (nSPS) is 27.2. The van der Waals surface area contributed by atoms with Gasteiger partial charge in [-0.15, -0.1) is 0 Å². The first kappa shape index (κ1) is 13.7. The van der Waals surface area contributed by atoms with Gasteiger partial charge < -0.3 is 5.32 Å². The van der Waals surface area contributed by atoms with Gasteiger partial charge in [-0.2, -0.15) is 17.0 Å². The molecule has 2 aliphatic rings. The van der Waals surface area contributed by atoms with Crippen LogP contribution >= 0.6 is 11.8 Å². The summed E-state index contributed by atoms with van der Waals surface area (Å²) >= 11 is 1.96. The third-order valence-corrected chi connectivity index (χ3v) is 5.52. The van der Waals surface area contributed by atoms with Crippen molar-refractivity contribution in [3.05, 3.63) is 0 Å². The predicted octanol–water partition coefficient (Wildman–Crippen LogP) is 2.86. The van der Waals surface area contributed by atoms with E-state index in [2.05, 4.69) is 11.4 Å². The van der Waals surface area contributed by atoms with Crippen molar-refractivity contribution in [2.75, 3.05) is 12.3 Å². The van der Waals surface area contributed by atoms with Gasteiger partial charge >= 0.3 is 0 Å². The van der Waals surface area contributed by atoms with E-state index >= 15 is 0 Å². The second-order valence-electron chi connectivity index (χ2n) is 5.45. The van der Waals surface area contributed by atoms with Crippen LogP contribution in [-0.2, 0) is 4.79 Å². The lowest BCUT2D eigenvalue weighted by Crippen LogP contribution is -2.43. The molecule has 0 aromatic carbocycles. The molecule has 3 nitrogen and oxygen atoms in total. The molecule has 1 aliphatic heterocycles. The van der Waals surface area contributed by atoms with Gasteiger partial charge in [0, 0.05) is 11.8 Å². The smallest absolute Gasteiger partial charge is 0.240 e. The number of hydrogen-bond donors (Lipinski definition) is 1. The summed E-state index contributed by atoms with van der Waals surface area (Å²) in [6, 6.07) is 2.29. The van der Waals surface area contributed by atoms with E-state index in [9.17, 15) is 10.1 Å². The highest BCUT2D eigenvalue weighted by atomic mass is 32.2. The van der Waals surface area contributed by atoms with Crippen LogP contribution in [0.1, 0.15) is 51.4 Å². The van der Waals surface area contributed by atoms with E-state index in [0.29, 0.717) is 5.25 Å². The van der Waals surface area contributed by atoms with Gasteiger partial charge in [-0.1, -0.05) is 25.7 Å². The van der Waals surface area contributed by atoms with Crippen molar-refractivity contribution in [1.29, 1.82) is 5.26 Å². The maximum absolute atomic E-state index is 12.3. The Hall–Kier alpha value is -0.690. The SMILES string of the molecule is N#CC1(C(=O)NCC2CCCCS2)CCCCC1. The number of hydrogen-bond acceptors (Lipinski definition) is 3. The van der Waals surface area contributed by atoms with Crippen LogP contribution < -0.4 is 5.32 Å². The van der Waals surface area contributed by atoms with Crippen LogP contribution in [0, 0.1) is 16.7 Å². The summed E-state index contributed by atoms with van der Waals surface area (Å²) in [7, 11) is 0. The molecule has 1 saturated heterocycles. The Bertz CT molecular complexity index is 325. The minimum atomic E-state index is -0.725. The van der Waals surface area contributed by atoms with E-state index in [-0.39, 0.29) is 5.91 Å². The Morgan fingerprint density at radius 1 is 1.28 bits per heavy atom. The van der Waals surface area contributed by atoms with Crippen LogP contribution in [-0.4, -0.2) is 23.5 Å². The Labute approximate surface area is 114 Å². The van der Waals surface area contributed by atoms with E-state index < -0.39 is 5.41 Å². The van der Waals surface area contributed by atoms with Crippen molar-refractivity contribution in [3.8, 4) is 6.07 Å². The quantitative estimate of drug-likeness (QED) is 0.854. The first-order chi connectivity index (χ1) is 8.77. The minimum Gasteiger partial charge on any atom is -0.354 e. The highest BCUT2D eigenvalue weighted by Gasteiger charge is 2.39. The molecule has 0 aromatic heterocycles. The van der Waals surface area contributed by atoms with Gasteiger partial charge in [-0.05, 0) is 31.4 Å². The number of amides is 1. The van der Waals surface area contributed by atoms with Crippen LogP contribution in [0.5, 0.6) is 0 Å². The van der Waals surface area contributed by atoms with Crippen LogP contribution in [0.15, 0.2) is 0 Å². The van der Waals surface area contributed by atoms with Gasteiger partial charge in [0.1, 0.15) is 5.41 Å². The Morgan fingerprint density at radius 2 is 2.06 bits per heavy atom. The first-order valence-corrected chi connectivity index (χ1v) is 8.13. The molecule has 0 radical (unpaired) electrons. The van der Waals surface area contributed by atoms with Crippen molar-refractivity contribution in [2.24, 2.45) is 5.41 Å². The highest BCUT2D eigenvalue weighted by molar-refractivity contribution is 7.99. The lowest BCUT2D eigenvalue weighted by atomic mass is 9.74. The van der Waals surface area contributed by atoms with Gasteiger partial charge in [0.2, 0.25) is 5.91 Å². The second-order valence-corrected chi connectivity index (χ2v) is 6.86. The molecule has 100 valence electrons. The van der Waals surface area contributed by atoms with Crippen LogP contribution in [0.25, 0.3) is 0 Å². The van der Waals surface area contributed by atoms with E-state index in [1.807, 2.05) is 11.8 Å². The summed E-state index contributed by atoms with van der Waals surface area (Å²) in [5.41, 5.74) is -0.725. The van der Waals surface area contributed by atoms with Crippen LogP contribution in [0.4, 0.5) is 0 Å². The summed E-state index contributed by atoms with van der Waals surface area (Å²) in [4.78, 5) is 12.3. The Morgan fingerprint density at radius 3 is 2.67 bits per heavy atom. The van der Waals surface area contributed by atoms with Crippen molar-refractivity contribution in [1.82, 2.24) is 5.32 Å². The van der Waals surface area contributed by atoms with Crippen molar-refractivity contribution in [2.45, 2.75) is 56.6 Å². The fraction of sp³-hybridized carbons (Fsp3) is 0.857. The number of carbonyl (C=O) groups excluding carboxylic acids is 1. The Kier molecular flexibility index (Phi) is 4.94. The van der Waals surface area contributed by atoms with Crippen LogP contribution in [0.2, 0.25) is 0 Å². The molecule has 1 saturated carbocycles. The topological polar surface area (TPSA) is 52.9 Å². The molecule has 1 unspecified atom stereocenters. The number of nitriles is 1. The van der Waals surface area contributed by atoms with E-state index in [0.717, 1.165) is 38.6 Å². The lowest BCUT2D eigenvalue weighted by Gasteiger charge is -2.30. The largest absolute Gasteiger partial charge is 0.354 e. The molecule has 0 aromatic rings. The van der Waals surface area contributed by atoms with Crippen molar-refractivity contribution >= 4 is 17.7 Å². The van der Waals surface area contributed by atoms with Gasteiger partial charge in [0.05, 0.1) is 6.07 Å². The number of nitrogens with one attached hydrogen (secondary N) is 1. The number of rotatable bonds is 3. The van der Waals surface area contributed by atoms with E-state index in [4.69, 9.17) is 0 Å². The maximum atomic E-state index is 12.3. The minimum absolute atomic E-state index is 0.0177. The second kappa shape index (κ2) is 6.47. The van der Waals surface area contributed by atoms with Gasteiger partial charge in [-0.25, -0.2) is 0 Å². The molecule has 1 amide bonds. The van der Waals surface area contributed by atoms with Crippen molar-refractivity contribution < 1.29 is 4.79 Å². The fourth-order valence-corrected chi connectivity index (χ4v) is 4.13. The first-order valence-electron chi connectivity index (χ1n) is 7.08. The van der Waals surface area contributed by atoms with E-state index in [1.165, 1.54) is 25.0 Å². The molecule has 0 spiro atoms. The molecular formula is C14H22N2OS. The van der Waals surface area contributed by atoms with Gasteiger partial charge in [-0.3, -0.25) is 4.79 Å². The molecular weight excluding hydrogens is 244 g/mol. The number of carbonyl (C=O) groups is 1. The molecule has 1 N–H and O–H groups in total. The highest BCUT2D eigenvalue weighted by Crippen LogP contribution is 2.36.